The molecule has 2 rings (SSSR count). The van der Waals surface area contributed by atoms with Crippen molar-refractivity contribution in [1.29, 1.82) is 0 Å². The molecule has 0 radical (unpaired) electrons. The quantitative estimate of drug-likeness (QED) is 0.898. The molecule has 0 saturated carbocycles. The van der Waals surface area contributed by atoms with Gasteiger partial charge in [-0.3, -0.25) is 4.79 Å². The minimum Gasteiger partial charge on any atom is -0.481 e. The molecular formula is C14H16N2O2. The number of carbonyl (C=O) groups is 1. The molecule has 1 heterocycles. The van der Waals surface area contributed by atoms with E-state index in [1.54, 1.807) is 13.3 Å². The number of imidazole rings is 1. The maximum absolute atomic E-state index is 10.8. The summed E-state index contributed by atoms with van der Waals surface area (Å²) in [4.78, 5) is 15.0. The molecule has 1 aromatic carbocycles. The second-order valence-electron chi connectivity index (χ2n) is 4.53. The number of aliphatic carboxylic acids is 1. The summed E-state index contributed by atoms with van der Waals surface area (Å²) >= 11 is 0. The van der Waals surface area contributed by atoms with Gasteiger partial charge in [-0.15, -0.1) is 0 Å². The van der Waals surface area contributed by atoms with Gasteiger partial charge in [0.15, 0.2) is 0 Å². The van der Waals surface area contributed by atoms with Gasteiger partial charge in [0.2, 0.25) is 0 Å². The molecule has 1 aromatic heterocycles. The van der Waals surface area contributed by atoms with Crippen molar-refractivity contribution in [2.24, 2.45) is 5.92 Å². The summed E-state index contributed by atoms with van der Waals surface area (Å²) in [6, 6.07) is 7.88. The van der Waals surface area contributed by atoms with Gasteiger partial charge in [-0.05, 0) is 31.0 Å². The van der Waals surface area contributed by atoms with Crippen LogP contribution in [0.2, 0.25) is 0 Å². The number of benzene rings is 1. The van der Waals surface area contributed by atoms with E-state index in [2.05, 4.69) is 4.98 Å². The van der Waals surface area contributed by atoms with E-state index in [9.17, 15) is 4.79 Å². The number of rotatable bonds is 4. The Balaban J connectivity index is 2.13. The summed E-state index contributed by atoms with van der Waals surface area (Å²) < 4.78 is 1.94. The van der Waals surface area contributed by atoms with Gasteiger partial charge in [0.25, 0.3) is 0 Å². The zero-order valence-electron chi connectivity index (χ0n) is 10.5. The fraction of sp³-hybridized carbons (Fsp3) is 0.286. The highest BCUT2D eigenvalue weighted by molar-refractivity contribution is 5.69. The van der Waals surface area contributed by atoms with Gasteiger partial charge in [-0.2, -0.15) is 0 Å². The number of aryl methyl sites for hydroxylation is 1. The molecule has 18 heavy (non-hydrogen) atoms. The Labute approximate surface area is 106 Å². The van der Waals surface area contributed by atoms with Crippen molar-refractivity contribution in [3.63, 3.8) is 0 Å². The van der Waals surface area contributed by atoms with Crippen LogP contribution in [0.3, 0.4) is 0 Å². The van der Waals surface area contributed by atoms with Crippen LogP contribution in [0.4, 0.5) is 0 Å². The average molecular weight is 244 g/mol. The van der Waals surface area contributed by atoms with Gasteiger partial charge in [-0.25, -0.2) is 4.98 Å². The number of carboxylic acid groups (broad SMARTS) is 1. The minimum atomic E-state index is -0.760. The van der Waals surface area contributed by atoms with Gasteiger partial charge >= 0.3 is 5.97 Å². The second-order valence-corrected chi connectivity index (χ2v) is 4.53. The van der Waals surface area contributed by atoms with E-state index in [1.165, 1.54) is 0 Å². The monoisotopic (exact) mass is 244 g/mol. The van der Waals surface area contributed by atoms with Gasteiger partial charge in [0.05, 0.1) is 17.9 Å². The lowest BCUT2D eigenvalue weighted by molar-refractivity contribution is -0.141. The van der Waals surface area contributed by atoms with Gasteiger partial charge in [-0.1, -0.05) is 19.1 Å². The maximum atomic E-state index is 10.8. The largest absolute Gasteiger partial charge is 0.481 e. The highest BCUT2D eigenvalue weighted by Gasteiger charge is 2.11. The first kappa shape index (κ1) is 12.4. The maximum Gasteiger partial charge on any atom is 0.306 e. The van der Waals surface area contributed by atoms with E-state index >= 15 is 0 Å². The van der Waals surface area contributed by atoms with E-state index in [0.717, 1.165) is 16.9 Å². The van der Waals surface area contributed by atoms with Crippen molar-refractivity contribution < 1.29 is 9.90 Å². The molecule has 0 aliphatic rings. The first-order valence-electron chi connectivity index (χ1n) is 5.89. The average Bonchev–Trinajstić information content (AvgIpc) is 2.76. The van der Waals surface area contributed by atoms with Crippen LogP contribution in [0.25, 0.3) is 5.69 Å². The Hall–Kier alpha value is -2.10. The highest BCUT2D eigenvalue weighted by atomic mass is 16.4. The van der Waals surface area contributed by atoms with E-state index in [4.69, 9.17) is 5.11 Å². The molecule has 0 aliphatic carbocycles. The van der Waals surface area contributed by atoms with Crippen LogP contribution in [0, 0.1) is 12.8 Å². The minimum absolute atomic E-state index is 0.355. The molecule has 2 aromatic rings. The lowest BCUT2D eigenvalue weighted by Crippen LogP contribution is -2.12. The first-order chi connectivity index (χ1) is 8.56. The second kappa shape index (κ2) is 5.04. The zero-order chi connectivity index (χ0) is 13.1. The van der Waals surface area contributed by atoms with Crippen molar-refractivity contribution in [2.75, 3.05) is 0 Å². The molecular weight excluding hydrogens is 228 g/mol. The van der Waals surface area contributed by atoms with Crippen LogP contribution in [0.5, 0.6) is 0 Å². The molecule has 0 spiro atoms. The van der Waals surface area contributed by atoms with Crippen molar-refractivity contribution in [3.05, 3.63) is 48.0 Å². The van der Waals surface area contributed by atoms with Crippen LogP contribution < -0.4 is 0 Å². The van der Waals surface area contributed by atoms with Crippen LogP contribution >= 0.6 is 0 Å². The molecule has 1 unspecified atom stereocenters. The molecule has 0 amide bonds. The Morgan fingerprint density at radius 2 is 2.06 bits per heavy atom. The van der Waals surface area contributed by atoms with E-state index in [-0.39, 0.29) is 5.92 Å². The van der Waals surface area contributed by atoms with Crippen LogP contribution in [-0.2, 0) is 11.2 Å². The Morgan fingerprint density at radius 1 is 1.39 bits per heavy atom. The van der Waals surface area contributed by atoms with Crippen molar-refractivity contribution in [3.8, 4) is 5.69 Å². The third-order valence-corrected chi connectivity index (χ3v) is 2.91. The predicted molar refractivity (Wildman–Crippen MR) is 68.8 cm³/mol. The smallest absolute Gasteiger partial charge is 0.306 e. The Bertz CT molecular complexity index is 543. The molecule has 1 atom stereocenters. The summed E-state index contributed by atoms with van der Waals surface area (Å²) in [7, 11) is 0. The molecule has 0 saturated heterocycles. The Morgan fingerprint density at radius 3 is 2.56 bits per heavy atom. The Kier molecular flexibility index (Phi) is 3.46. The number of nitrogens with zero attached hydrogens (tertiary/aromatic N) is 2. The summed E-state index contributed by atoms with van der Waals surface area (Å²) in [6.45, 7) is 3.66. The SMILES string of the molecule is Cc1cn(-c2ccc(CC(C)C(=O)O)cc2)cn1. The predicted octanol–water partition coefficient (Wildman–Crippen LogP) is 2.44. The van der Waals surface area contributed by atoms with Gasteiger partial charge in [0, 0.05) is 11.9 Å². The van der Waals surface area contributed by atoms with Gasteiger partial charge < -0.3 is 9.67 Å². The summed E-state index contributed by atoms with van der Waals surface area (Å²) in [5, 5.41) is 8.87. The van der Waals surface area contributed by atoms with Crippen molar-refractivity contribution in [1.82, 2.24) is 9.55 Å². The number of carboxylic acids is 1. The van der Waals surface area contributed by atoms with E-state index in [0.29, 0.717) is 6.42 Å². The van der Waals surface area contributed by atoms with E-state index < -0.39 is 5.97 Å². The molecule has 0 aliphatic heterocycles. The zero-order valence-corrected chi connectivity index (χ0v) is 10.5. The number of hydrogen-bond acceptors (Lipinski definition) is 2. The fourth-order valence-corrected chi connectivity index (χ4v) is 1.81. The van der Waals surface area contributed by atoms with Crippen LogP contribution in [0.1, 0.15) is 18.2 Å². The number of aromatic nitrogens is 2. The highest BCUT2D eigenvalue weighted by Crippen LogP contribution is 2.13. The fourth-order valence-electron chi connectivity index (χ4n) is 1.81. The lowest BCUT2D eigenvalue weighted by Gasteiger charge is -2.07. The standard InChI is InChI=1S/C14H16N2O2/c1-10(14(17)18)7-12-3-5-13(6-4-12)16-8-11(2)15-9-16/h3-6,8-10H,7H2,1-2H3,(H,17,18). The van der Waals surface area contributed by atoms with Crippen LogP contribution in [-0.4, -0.2) is 20.6 Å². The third-order valence-electron chi connectivity index (χ3n) is 2.91. The molecule has 0 fully saturated rings. The number of hydrogen-bond donors (Lipinski definition) is 1. The normalized spacial score (nSPS) is 12.3. The first-order valence-corrected chi connectivity index (χ1v) is 5.89. The third kappa shape index (κ3) is 2.77. The van der Waals surface area contributed by atoms with Crippen LogP contribution in [0.15, 0.2) is 36.8 Å². The summed E-state index contributed by atoms with van der Waals surface area (Å²) in [6.07, 6.45) is 4.28. The molecule has 94 valence electrons. The van der Waals surface area contributed by atoms with E-state index in [1.807, 2.05) is 42.0 Å². The molecule has 4 nitrogen and oxygen atoms in total. The molecule has 1 N–H and O–H groups in total. The van der Waals surface area contributed by atoms with Gasteiger partial charge in [0.1, 0.15) is 0 Å². The molecule has 0 bridgehead atoms. The summed E-state index contributed by atoms with van der Waals surface area (Å²) in [5.74, 6) is -1.12. The lowest BCUT2D eigenvalue weighted by atomic mass is 10.0. The topological polar surface area (TPSA) is 55.1 Å². The summed E-state index contributed by atoms with van der Waals surface area (Å²) in [5.41, 5.74) is 3.03. The van der Waals surface area contributed by atoms with Crippen molar-refractivity contribution >= 4 is 5.97 Å². The molecule has 4 heteroatoms. The van der Waals surface area contributed by atoms with Crippen molar-refractivity contribution in [2.45, 2.75) is 20.3 Å².